The molecule has 2 unspecified atom stereocenters. The molecule has 7 N–H and O–H groups in total. The maximum Gasteiger partial charge on any atom is 0.286 e. The van der Waals surface area contributed by atoms with Gasteiger partial charge in [0.1, 0.15) is 29.5 Å². The van der Waals surface area contributed by atoms with Crippen molar-refractivity contribution in [3.8, 4) is 17.2 Å². The number of ether oxygens (including phenoxy) is 2. The fourth-order valence-corrected chi connectivity index (χ4v) is 5.18. The Hall–Kier alpha value is -3.93. The number of carbonyl (C=O) groups is 2. The topological polar surface area (TPSA) is 176 Å². The standard InChI is InChI=1S/C24H27NO5S.C4H11N5/c1-13-14(2)21-18(15(3)20(13)26)9-10-24(4,30-21)12-29-17-7-5-16(6-8-17)11-19-22(27)25-23(28)31-19;1-9(2)4(7)8-3(5)6/h5-8,19,26H,9-12H2,1-4H3,(H,25,27,28);1-2H3,(H5,5,6,7,8). The SMILES string of the molecule is CN(C)C(=N)N=C(N)N.Cc1c(C)c2c(c(C)c1O)CCC(C)(COc1ccc(CC3SC(=O)NC3=O)cc1)O2. The molecule has 0 radical (unpaired) electrons. The zero-order valence-electron chi connectivity index (χ0n) is 23.8. The lowest BCUT2D eigenvalue weighted by molar-refractivity contribution is -0.118. The number of nitrogens with two attached hydrogens (primary N) is 2. The molecule has 11 nitrogen and oxygen atoms in total. The van der Waals surface area contributed by atoms with Gasteiger partial charge in [-0.2, -0.15) is 4.99 Å². The quantitative estimate of drug-likeness (QED) is 0.267. The molecular formula is C28H38N6O5S. The number of carbonyl (C=O) groups excluding carboxylic acids is 2. The second-order valence-corrected chi connectivity index (χ2v) is 11.5. The smallest absolute Gasteiger partial charge is 0.286 e. The molecule has 4 rings (SSSR count). The van der Waals surface area contributed by atoms with Crippen molar-refractivity contribution in [2.45, 2.75) is 57.8 Å². The number of imide groups is 1. The summed E-state index contributed by atoms with van der Waals surface area (Å²) in [5, 5.41) is 19.1. The van der Waals surface area contributed by atoms with Crippen LogP contribution in [0.3, 0.4) is 0 Å². The van der Waals surface area contributed by atoms with Crippen LogP contribution >= 0.6 is 11.8 Å². The van der Waals surface area contributed by atoms with Crippen molar-refractivity contribution >= 4 is 34.8 Å². The minimum absolute atomic E-state index is 0.0509. The summed E-state index contributed by atoms with van der Waals surface area (Å²) in [7, 11) is 3.38. The van der Waals surface area contributed by atoms with Gasteiger partial charge < -0.3 is 30.9 Å². The van der Waals surface area contributed by atoms with Gasteiger partial charge in [0.05, 0.1) is 5.25 Å². The fourth-order valence-electron chi connectivity index (χ4n) is 4.32. The van der Waals surface area contributed by atoms with Crippen LogP contribution in [0.5, 0.6) is 17.2 Å². The Kier molecular flexibility index (Phi) is 9.56. The highest BCUT2D eigenvalue weighted by Gasteiger charge is 2.35. The van der Waals surface area contributed by atoms with E-state index in [9.17, 15) is 14.7 Å². The van der Waals surface area contributed by atoms with Crippen LogP contribution in [0.25, 0.3) is 0 Å². The van der Waals surface area contributed by atoms with E-state index in [4.69, 9.17) is 26.4 Å². The van der Waals surface area contributed by atoms with Gasteiger partial charge in [-0.1, -0.05) is 23.9 Å². The molecule has 2 aliphatic rings. The minimum atomic E-state index is -0.467. The summed E-state index contributed by atoms with van der Waals surface area (Å²) in [4.78, 5) is 28.0. The number of phenolic OH excluding ortho intramolecular Hbond substituents is 1. The summed E-state index contributed by atoms with van der Waals surface area (Å²) in [6, 6.07) is 7.61. The summed E-state index contributed by atoms with van der Waals surface area (Å²) < 4.78 is 12.4. The number of hydrogen-bond donors (Lipinski definition) is 5. The Bertz CT molecular complexity index is 1320. The monoisotopic (exact) mass is 570 g/mol. The van der Waals surface area contributed by atoms with Crippen molar-refractivity contribution in [2.24, 2.45) is 16.5 Å². The first-order chi connectivity index (χ1) is 18.7. The Labute approximate surface area is 238 Å². The Morgan fingerprint density at radius 2 is 1.85 bits per heavy atom. The van der Waals surface area contributed by atoms with Crippen molar-refractivity contribution in [1.29, 1.82) is 5.41 Å². The van der Waals surface area contributed by atoms with Crippen LogP contribution in [0, 0.1) is 26.2 Å². The van der Waals surface area contributed by atoms with Gasteiger partial charge in [0.2, 0.25) is 11.9 Å². The molecule has 2 aliphatic heterocycles. The number of nitrogens with zero attached hydrogens (tertiary/aromatic N) is 2. The van der Waals surface area contributed by atoms with E-state index in [1.54, 1.807) is 14.1 Å². The molecule has 40 heavy (non-hydrogen) atoms. The highest BCUT2D eigenvalue weighted by molar-refractivity contribution is 8.15. The number of rotatable bonds is 5. The van der Waals surface area contributed by atoms with Crippen LogP contribution in [-0.2, 0) is 17.6 Å². The number of aromatic hydroxyl groups is 1. The summed E-state index contributed by atoms with van der Waals surface area (Å²) in [5.41, 5.74) is 14.3. The maximum atomic E-state index is 11.7. The molecule has 1 fully saturated rings. The molecule has 12 heteroatoms. The van der Waals surface area contributed by atoms with E-state index >= 15 is 0 Å². The highest BCUT2D eigenvalue weighted by Crippen LogP contribution is 2.43. The van der Waals surface area contributed by atoms with Crippen LogP contribution in [0.4, 0.5) is 4.79 Å². The largest absolute Gasteiger partial charge is 0.507 e. The summed E-state index contributed by atoms with van der Waals surface area (Å²) >= 11 is 1.04. The summed E-state index contributed by atoms with van der Waals surface area (Å²) in [5.74, 6) is 1.68. The van der Waals surface area contributed by atoms with E-state index < -0.39 is 5.60 Å². The van der Waals surface area contributed by atoms with Crippen molar-refractivity contribution in [2.75, 3.05) is 20.7 Å². The average Bonchev–Trinajstić information content (AvgIpc) is 3.21. The lowest BCUT2D eigenvalue weighted by Gasteiger charge is -2.37. The Balaban J connectivity index is 0.000000424. The molecular weight excluding hydrogens is 532 g/mol. The normalized spacial score (nSPS) is 19.4. The van der Waals surface area contributed by atoms with Crippen LogP contribution < -0.4 is 26.3 Å². The first kappa shape index (κ1) is 30.6. The number of aliphatic imine (C=N–C) groups is 1. The molecule has 0 spiro atoms. The van der Waals surface area contributed by atoms with Crippen molar-refractivity contribution in [3.05, 3.63) is 52.1 Å². The van der Waals surface area contributed by atoms with Gasteiger partial charge in [-0.05, 0) is 81.3 Å². The lowest BCUT2D eigenvalue weighted by Crippen LogP contribution is -2.42. The van der Waals surface area contributed by atoms with Gasteiger partial charge in [0.25, 0.3) is 5.24 Å². The second-order valence-electron chi connectivity index (χ2n) is 10.4. The molecule has 2 atom stereocenters. The Morgan fingerprint density at radius 3 is 2.38 bits per heavy atom. The number of hydrogen-bond acceptors (Lipinski definition) is 7. The fraction of sp³-hybridized carbons (Fsp3) is 0.429. The first-order valence-corrected chi connectivity index (χ1v) is 13.7. The molecule has 2 amide bonds. The number of thioether (sulfide) groups is 1. The summed E-state index contributed by atoms with van der Waals surface area (Å²) in [6.45, 7) is 8.28. The van der Waals surface area contributed by atoms with Gasteiger partial charge >= 0.3 is 0 Å². The van der Waals surface area contributed by atoms with Crippen LogP contribution in [0.15, 0.2) is 29.3 Å². The maximum absolute atomic E-state index is 11.7. The second kappa shape index (κ2) is 12.5. The van der Waals surface area contributed by atoms with E-state index in [0.717, 1.165) is 63.9 Å². The molecule has 216 valence electrons. The molecule has 2 aromatic rings. The van der Waals surface area contributed by atoms with E-state index in [1.165, 1.54) is 4.90 Å². The molecule has 0 bridgehead atoms. The highest BCUT2D eigenvalue weighted by atomic mass is 32.2. The zero-order chi connectivity index (χ0) is 29.8. The van der Waals surface area contributed by atoms with Gasteiger partial charge in [0.15, 0.2) is 5.96 Å². The lowest BCUT2D eigenvalue weighted by atomic mass is 9.87. The number of guanidine groups is 2. The predicted molar refractivity (Wildman–Crippen MR) is 157 cm³/mol. The van der Waals surface area contributed by atoms with Crippen LogP contribution in [-0.4, -0.2) is 64.6 Å². The predicted octanol–water partition coefficient (Wildman–Crippen LogP) is 3.13. The van der Waals surface area contributed by atoms with Gasteiger partial charge in [-0.25, -0.2) is 0 Å². The third-order valence-electron chi connectivity index (χ3n) is 6.91. The third-order valence-corrected chi connectivity index (χ3v) is 7.89. The molecule has 0 aromatic heterocycles. The molecule has 0 saturated carbocycles. The number of amides is 2. The molecule has 2 aromatic carbocycles. The van der Waals surface area contributed by atoms with Gasteiger partial charge in [-0.15, -0.1) is 0 Å². The van der Waals surface area contributed by atoms with E-state index in [1.807, 2.05) is 52.0 Å². The van der Waals surface area contributed by atoms with E-state index in [0.29, 0.717) is 18.8 Å². The van der Waals surface area contributed by atoms with Gasteiger partial charge in [0, 0.05) is 19.7 Å². The van der Waals surface area contributed by atoms with Crippen LogP contribution in [0.1, 0.15) is 41.2 Å². The van der Waals surface area contributed by atoms with E-state index in [-0.39, 0.29) is 28.3 Å². The van der Waals surface area contributed by atoms with Crippen molar-refractivity contribution < 1.29 is 24.2 Å². The number of benzene rings is 2. The molecule has 2 heterocycles. The summed E-state index contributed by atoms with van der Waals surface area (Å²) in [6.07, 6.45) is 2.13. The first-order valence-electron chi connectivity index (χ1n) is 12.8. The van der Waals surface area contributed by atoms with Crippen molar-refractivity contribution in [3.63, 3.8) is 0 Å². The van der Waals surface area contributed by atoms with Gasteiger partial charge in [-0.3, -0.25) is 20.3 Å². The zero-order valence-corrected chi connectivity index (χ0v) is 24.6. The van der Waals surface area contributed by atoms with E-state index in [2.05, 4.69) is 10.3 Å². The molecule has 0 aliphatic carbocycles. The minimum Gasteiger partial charge on any atom is -0.507 e. The van der Waals surface area contributed by atoms with Crippen LogP contribution in [0.2, 0.25) is 0 Å². The third kappa shape index (κ3) is 7.38. The number of fused-ring (bicyclic) bond motifs is 1. The van der Waals surface area contributed by atoms with Crippen molar-refractivity contribution in [1.82, 2.24) is 10.2 Å². The number of nitrogens with one attached hydrogen (secondary N) is 2. The molecule has 1 saturated heterocycles. The Morgan fingerprint density at radius 1 is 1.20 bits per heavy atom. The number of phenols is 1. The average molecular weight is 571 g/mol.